The molecule has 0 fully saturated rings. The van der Waals surface area contributed by atoms with Gasteiger partial charge in [-0.25, -0.2) is 0 Å². The van der Waals surface area contributed by atoms with Crippen LogP contribution in [0, 0.1) is 0 Å². The first-order chi connectivity index (χ1) is 13.5. The third kappa shape index (κ3) is 4.51. The standard InChI is InChI=1S/C15H16N6O6S2/c1-2-17-14-19-13(16)20-15(21-14)18-10-7-9(28(22,23)24)6-8-4-3-5-11(12(8)10)29(25,26)27/h3-7H,2H2,1H3,(H,22,23,24)(H,25,26,27)(H4,16,17,18,19,20,21). The molecule has 6 N–H and O–H groups in total. The predicted octanol–water partition coefficient (Wildman–Crippen LogP) is 1.28. The molecule has 3 rings (SSSR count). The highest BCUT2D eigenvalue weighted by molar-refractivity contribution is 7.86. The van der Waals surface area contributed by atoms with Crippen LogP contribution in [0.2, 0.25) is 0 Å². The Morgan fingerprint density at radius 1 is 1.00 bits per heavy atom. The largest absolute Gasteiger partial charge is 0.368 e. The highest BCUT2D eigenvalue weighted by Crippen LogP contribution is 2.34. The number of benzene rings is 2. The van der Waals surface area contributed by atoms with Crippen molar-refractivity contribution in [2.24, 2.45) is 0 Å². The van der Waals surface area contributed by atoms with Crippen LogP contribution in [0.15, 0.2) is 40.1 Å². The van der Waals surface area contributed by atoms with Crippen molar-refractivity contribution in [1.82, 2.24) is 15.0 Å². The second-order valence-corrected chi connectivity index (χ2v) is 8.58. The van der Waals surface area contributed by atoms with Crippen molar-refractivity contribution in [2.45, 2.75) is 16.7 Å². The van der Waals surface area contributed by atoms with Gasteiger partial charge in [-0.05, 0) is 30.5 Å². The van der Waals surface area contributed by atoms with E-state index >= 15 is 0 Å². The van der Waals surface area contributed by atoms with Gasteiger partial charge in [0.05, 0.1) is 10.6 Å². The Bertz CT molecular complexity index is 1310. The van der Waals surface area contributed by atoms with Crippen molar-refractivity contribution >= 4 is 54.5 Å². The summed E-state index contributed by atoms with van der Waals surface area (Å²) in [5, 5.41) is 5.59. The Kier molecular flexibility index (Phi) is 5.27. The van der Waals surface area contributed by atoms with Gasteiger partial charge >= 0.3 is 0 Å². The summed E-state index contributed by atoms with van der Waals surface area (Å²) in [7, 11) is -9.28. The van der Waals surface area contributed by atoms with Crippen LogP contribution in [0.4, 0.5) is 23.5 Å². The Labute approximate surface area is 165 Å². The maximum absolute atomic E-state index is 11.8. The zero-order chi connectivity index (χ0) is 21.4. The normalized spacial score (nSPS) is 12.1. The van der Waals surface area contributed by atoms with E-state index in [0.29, 0.717) is 6.54 Å². The van der Waals surface area contributed by atoms with E-state index in [1.54, 1.807) is 6.92 Å². The molecule has 12 nitrogen and oxygen atoms in total. The Morgan fingerprint density at radius 2 is 1.69 bits per heavy atom. The van der Waals surface area contributed by atoms with Crippen molar-refractivity contribution in [3.05, 3.63) is 30.3 Å². The lowest BCUT2D eigenvalue weighted by Gasteiger charge is -2.14. The molecule has 2 aromatic carbocycles. The number of aromatic nitrogens is 3. The summed E-state index contributed by atoms with van der Waals surface area (Å²) in [6.07, 6.45) is 0. The van der Waals surface area contributed by atoms with Crippen LogP contribution in [-0.4, -0.2) is 47.4 Å². The van der Waals surface area contributed by atoms with Crippen molar-refractivity contribution in [3.63, 3.8) is 0 Å². The summed E-state index contributed by atoms with van der Waals surface area (Å²) < 4.78 is 65.9. The average Bonchev–Trinajstić information content (AvgIpc) is 2.59. The molecule has 0 aliphatic carbocycles. The molecule has 0 aliphatic heterocycles. The molecule has 154 valence electrons. The smallest absolute Gasteiger partial charge is 0.295 e. The first kappa shape index (κ1) is 20.7. The van der Waals surface area contributed by atoms with Crippen LogP contribution < -0.4 is 16.4 Å². The lowest BCUT2D eigenvalue weighted by molar-refractivity contribution is 0.482. The Balaban J connectivity index is 2.30. The minimum atomic E-state index is -4.66. The van der Waals surface area contributed by atoms with Gasteiger partial charge in [-0.2, -0.15) is 31.8 Å². The summed E-state index contributed by atoms with van der Waals surface area (Å²) in [6.45, 7) is 2.28. The zero-order valence-electron chi connectivity index (χ0n) is 14.9. The highest BCUT2D eigenvalue weighted by atomic mass is 32.2. The van der Waals surface area contributed by atoms with Gasteiger partial charge in [-0.15, -0.1) is 0 Å². The van der Waals surface area contributed by atoms with Crippen molar-refractivity contribution in [3.8, 4) is 0 Å². The van der Waals surface area contributed by atoms with Crippen molar-refractivity contribution in [1.29, 1.82) is 0 Å². The molecule has 1 heterocycles. The van der Waals surface area contributed by atoms with Gasteiger partial charge in [0.15, 0.2) is 0 Å². The summed E-state index contributed by atoms with van der Waals surface area (Å²) in [5.74, 6) is -0.135. The zero-order valence-corrected chi connectivity index (χ0v) is 16.5. The van der Waals surface area contributed by atoms with Crippen molar-refractivity contribution < 1.29 is 25.9 Å². The molecule has 0 atom stereocenters. The number of rotatable bonds is 6. The Morgan fingerprint density at radius 3 is 2.31 bits per heavy atom. The summed E-state index contributed by atoms with van der Waals surface area (Å²) >= 11 is 0. The molecule has 0 aliphatic rings. The fourth-order valence-corrected chi connectivity index (χ4v) is 3.91. The molecule has 0 bridgehead atoms. The third-order valence-corrected chi connectivity index (χ3v) is 5.45. The number of nitrogens with two attached hydrogens (primary N) is 1. The minimum absolute atomic E-state index is 0.0358. The van der Waals surface area contributed by atoms with Gasteiger partial charge in [0.1, 0.15) is 4.90 Å². The maximum Gasteiger partial charge on any atom is 0.295 e. The number of hydrogen-bond donors (Lipinski definition) is 5. The lowest BCUT2D eigenvalue weighted by atomic mass is 10.1. The molecular formula is C15H16N6O6S2. The van der Waals surface area contributed by atoms with E-state index in [1.165, 1.54) is 12.1 Å². The van der Waals surface area contributed by atoms with E-state index in [0.717, 1.165) is 18.2 Å². The summed E-state index contributed by atoms with van der Waals surface area (Å²) in [5.41, 5.74) is 5.54. The van der Waals surface area contributed by atoms with E-state index in [1.807, 2.05) is 0 Å². The first-order valence-corrected chi connectivity index (χ1v) is 10.9. The predicted molar refractivity (Wildman–Crippen MR) is 105 cm³/mol. The number of nitrogen functional groups attached to an aromatic ring is 1. The quantitative estimate of drug-likeness (QED) is 0.345. The second-order valence-electron chi connectivity index (χ2n) is 5.77. The molecule has 0 saturated carbocycles. The fourth-order valence-electron chi connectivity index (χ4n) is 2.63. The van der Waals surface area contributed by atoms with Gasteiger partial charge < -0.3 is 16.4 Å². The van der Waals surface area contributed by atoms with E-state index in [4.69, 9.17) is 5.73 Å². The summed E-state index contributed by atoms with van der Waals surface area (Å²) in [4.78, 5) is 10.8. The monoisotopic (exact) mass is 440 g/mol. The number of fused-ring (bicyclic) bond motifs is 1. The Hall–Kier alpha value is -3.07. The van der Waals surface area contributed by atoms with Crippen LogP contribution in [0.25, 0.3) is 10.8 Å². The molecule has 29 heavy (non-hydrogen) atoms. The molecule has 0 amide bonds. The second kappa shape index (κ2) is 7.40. The van der Waals surface area contributed by atoms with Crippen LogP contribution in [-0.2, 0) is 20.2 Å². The van der Waals surface area contributed by atoms with Crippen LogP contribution in [0.1, 0.15) is 6.92 Å². The van der Waals surface area contributed by atoms with E-state index in [2.05, 4.69) is 25.6 Å². The molecule has 1 aromatic heterocycles. The molecule has 0 unspecified atom stereocenters. The number of anilines is 4. The van der Waals surface area contributed by atoms with Gasteiger partial charge in [0, 0.05) is 11.9 Å². The van der Waals surface area contributed by atoms with E-state index in [9.17, 15) is 25.9 Å². The topological polar surface area (TPSA) is 197 Å². The summed E-state index contributed by atoms with van der Waals surface area (Å²) in [6, 6.07) is 5.92. The van der Waals surface area contributed by atoms with Gasteiger partial charge in [0.25, 0.3) is 20.2 Å². The average molecular weight is 440 g/mol. The number of nitrogens with one attached hydrogen (secondary N) is 2. The molecule has 3 aromatic rings. The molecule has 0 radical (unpaired) electrons. The highest BCUT2D eigenvalue weighted by Gasteiger charge is 2.21. The van der Waals surface area contributed by atoms with E-state index < -0.39 is 30.0 Å². The van der Waals surface area contributed by atoms with E-state index in [-0.39, 0.29) is 34.3 Å². The number of hydrogen-bond acceptors (Lipinski definition) is 10. The fraction of sp³-hybridized carbons (Fsp3) is 0.133. The van der Waals surface area contributed by atoms with Crippen molar-refractivity contribution in [2.75, 3.05) is 22.9 Å². The third-order valence-electron chi connectivity index (χ3n) is 3.72. The molecular weight excluding hydrogens is 424 g/mol. The van der Waals surface area contributed by atoms with Gasteiger partial charge in [0.2, 0.25) is 17.8 Å². The SMILES string of the molecule is CCNc1nc(N)nc(Nc2cc(S(=O)(=O)O)cc3cccc(S(=O)(=O)O)c23)n1. The van der Waals surface area contributed by atoms with Gasteiger partial charge in [-0.3, -0.25) is 9.11 Å². The molecule has 14 heteroatoms. The lowest BCUT2D eigenvalue weighted by Crippen LogP contribution is -2.10. The molecule has 0 spiro atoms. The molecule has 0 saturated heterocycles. The number of nitrogens with zero attached hydrogens (tertiary/aromatic N) is 3. The minimum Gasteiger partial charge on any atom is -0.368 e. The van der Waals surface area contributed by atoms with Gasteiger partial charge in [-0.1, -0.05) is 12.1 Å². The van der Waals surface area contributed by atoms with Crippen LogP contribution in [0.3, 0.4) is 0 Å². The maximum atomic E-state index is 11.8. The van der Waals surface area contributed by atoms with Crippen LogP contribution in [0.5, 0.6) is 0 Å². The van der Waals surface area contributed by atoms with Crippen LogP contribution >= 0.6 is 0 Å². The first-order valence-electron chi connectivity index (χ1n) is 8.03.